The van der Waals surface area contributed by atoms with E-state index in [9.17, 15) is 13.2 Å². The molecule has 3 N–H and O–H groups in total. The average molecular weight is 375 g/mol. The number of benzene rings is 1. The molecule has 1 aliphatic carbocycles. The van der Waals surface area contributed by atoms with Gasteiger partial charge in [0.1, 0.15) is 0 Å². The molecule has 2 rings (SSSR count). The largest absolute Gasteiger partial charge is 0.347 e. The molecule has 1 saturated carbocycles. The van der Waals surface area contributed by atoms with Crippen LogP contribution >= 0.6 is 15.9 Å². The van der Waals surface area contributed by atoms with Gasteiger partial charge in [-0.3, -0.25) is 4.79 Å². The van der Waals surface area contributed by atoms with E-state index in [1.807, 2.05) is 6.92 Å². The van der Waals surface area contributed by atoms with Gasteiger partial charge in [0.05, 0.1) is 4.90 Å². The summed E-state index contributed by atoms with van der Waals surface area (Å²) in [6.45, 7) is 3.79. The van der Waals surface area contributed by atoms with Gasteiger partial charge in [-0.15, -0.1) is 0 Å². The van der Waals surface area contributed by atoms with Crippen LogP contribution in [0.4, 0.5) is 0 Å². The molecule has 0 heterocycles. The van der Waals surface area contributed by atoms with Crippen LogP contribution in [0.15, 0.2) is 21.5 Å². The normalized spacial score (nSPS) is 17.7. The Hall–Kier alpha value is -0.920. The number of halogens is 1. The molecule has 0 atom stereocenters. The van der Waals surface area contributed by atoms with Crippen molar-refractivity contribution < 1.29 is 13.2 Å². The van der Waals surface area contributed by atoms with Gasteiger partial charge >= 0.3 is 0 Å². The lowest BCUT2D eigenvalue weighted by atomic mass is 9.99. The molecule has 5 nitrogen and oxygen atoms in total. The van der Waals surface area contributed by atoms with Gasteiger partial charge < -0.3 is 5.32 Å². The van der Waals surface area contributed by atoms with E-state index in [-0.39, 0.29) is 16.3 Å². The molecule has 7 heteroatoms. The number of carbonyl (C=O) groups is 1. The second kappa shape index (κ2) is 5.70. The van der Waals surface area contributed by atoms with Crippen molar-refractivity contribution in [1.82, 2.24) is 5.32 Å². The molecule has 0 aromatic heterocycles. The summed E-state index contributed by atoms with van der Waals surface area (Å²) in [6.07, 6.45) is 4.06. The highest BCUT2D eigenvalue weighted by atomic mass is 79.9. The molecule has 1 fully saturated rings. The number of nitrogens with two attached hydrogens (primary N) is 1. The second-order valence-corrected chi connectivity index (χ2v) is 8.26. The van der Waals surface area contributed by atoms with E-state index in [2.05, 4.69) is 21.2 Å². The van der Waals surface area contributed by atoms with Gasteiger partial charge in [0.2, 0.25) is 10.0 Å². The standard InChI is InChI=1S/C14H19BrN2O3S/c1-9-11(7-10(8-12(9)15)21(16,19)20)13(18)17-14(2)5-3-4-6-14/h7-8H,3-6H2,1-2H3,(H,17,18)(H2,16,19,20). The Morgan fingerprint density at radius 3 is 2.43 bits per heavy atom. The monoisotopic (exact) mass is 374 g/mol. The minimum absolute atomic E-state index is 0.0679. The fourth-order valence-corrected chi connectivity index (χ4v) is 3.85. The van der Waals surface area contributed by atoms with E-state index in [1.54, 1.807) is 6.92 Å². The topological polar surface area (TPSA) is 89.3 Å². The quantitative estimate of drug-likeness (QED) is 0.851. The minimum Gasteiger partial charge on any atom is -0.347 e. The summed E-state index contributed by atoms with van der Waals surface area (Å²) in [7, 11) is -3.85. The molecule has 1 amide bonds. The van der Waals surface area contributed by atoms with Gasteiger partial charge in [-0.2, -0.15) is 0 Å². The Bertz CT molecular complexity index is 680. The van der Waals surface area contributed by atoms with Crippen LogP contribution in [0, 0.1) is 6.92 Å². The van der Waals surface area contributed by atoms with Crippen LogP contribution in [0.2, 0.25) is 0 Å². The third-order valence-corrected chi connectivity index (χ3v) is 5.73. The number of hydrogen-bond donors (Lipinski definition) is 2. The molecule has 1 aromatic rings. The molecular weight excluding hydrogens is 356 g/mol. The molecule has 1 aliphatic rings. The highest BCUT2D eigenvalue weighted by Gasteiger charge is 2.31. The van der Waals surface area contributed by atoms with Gasteiger partial charge in [0.25, 0.3) is 5.91 Å². The number of sulfonamides is 1. The second-order valence-electron chi connectivity index (χ2n) is 5.84. The van der Waals surface area contributed by atoms with Gasteiger partial charge in [0.15, 0.2) is 0 Å². The van der Waals surface area contributed by atoms with Gasteiger partial charge in [0, 0.05) is 15.6 Å². The minimum atomic E-state index is -3.85. The van der Waals surface area contributed by atoms with E-state index in [0.717, 1.165) is 25.7 Å². The lowest BCUT2D eigenvalue weighted by Crippen LogP contribution is -2.43. The van der Waals surface area contributed by atoms with Crippen LogP contribution in [0.3, 0.4) is 0 Å². The molecule has 0 radical (unpaired) electrons. The molecule has 0 saturated heterocycles. The predicted octanol–water partition coefficient (Wildman–Crippen LogP) is 2.47. The Morgan fingerprint density at radius 2 is 1.90 bits per heavy atom. The SMILES string of the molecule is Cc1c(Br)cc(S(N)(=O)=O)cc1C(=O)NC1(C)CCCC1. The Balaban J connectivity index is 2.38. The average Bonchev–Trinajstić information content (AvgIpc) is 2.77. The van der Waals surface area contributed by atoms with Crippen LogP contribution in [0.1, 0.15) is 48.5 Å². The summed E-state index contributed by atoms with van der Waals surface area (Å²) in [5.41, 5.74) is 0.816. The van der Waals surface area contributed by atoms with E-state index >= 15 is 0 Å². The number of amides is 1. The molecule has 1 aromatic carbocycles. The van der Waals surface area contributed by atoms with Crippen molar-refractivity contribution in [3.05, 3.63) is 27.7 Å². The summed E-state index contributed by atoms with van der Waals surface area (Å²) < 4.78 is 23.6. The number of primary sulfonamides is 1. The first-order valence-electron chi connectivity index (χ1n) is 6.78. The molecule has 21 heavy (non-hydrogen) atoms. The third kappa shape index (κ3) is 3.64. The molecular formula is C14H19BrN2O3S. The fourth-order valence-electron chi connectivity index (χ4n) is 2.68. The summed E-state index contributed by atoms with van der Waals surface area (Å²) >= 11 is 3.28. The van der Waals surface area contributed by atoms with E-state index < -0.39 is 10.0 Å². The van der Waals surface area contributed by atoms with Crippen molar-refractivity contribution >= 4 is 31.9 Å². The van der Waals surface area contributed by atoms with E-state index in [4.69, 9.17) is 5.14 Å². The Labute approximate surface area is 133 Å². The first-order valence-corrected chi connectivity index (χ1v) is 9.12. The third-order valence-electron chi connectivity index (χ3n) is 4.01. The van der Waals surface area contributed by atoms with Crippen molar-refractivity contribution in [2.45, 2.75) is 50.0 Å². The van der Waals surface area contributed by atoms with Crippen LogP contribution in [0.5, 0.6) is 0 Å². The number of rotatable bonds is 3. The van der Waals surface area contributed by atoms with Crippen LogP contribution in [0.25, 0.3) is 0 Å². The number of hydrogen-bond acceptors (Lipinski definition) is 3. The first-order chi connectivity index (χ1) is 9.62. The zero-order valence-electron chi connectivity index (χ0n) is 12.1. The van der Waals surface area contributed by atoms with Gasteiger partial charge in [-0.05, 0) is 44.4 Å². The molecule has 0 unspecified atom stereocenters. The van der Waals surface area contributed by atoms with E-state index in [1.165, 1.54) is 12.1 Å². The van der Waals surface area contributed by atoms with Gasteiger partial charge in [-0.25, -0.2) is 13.6 Å². The van der Waals surface area contributed by atoms with Crippen LogP contribution < -0.4 is 10.5 Å². The van der Waals surface area contributed by atoms with E-state index in [0.29, 0.717) is 15.6 Å². The number of nitrogens with one attached hydrogen (secondary N) is 1. The molecule has 0 bridgehead atoms. The van der Waals surface area contributed by atoms with Gasteiger partial charge in [-0.1, -0.05) is 28.8 Å². The fraction of sp³-hybridized carbons (Fsp3) is 0.500. The van der Waals surface area contributed by atoms with Crippen molar-refractivity contribution in [2.24, 2.45) is 5.14 Å². The summed E-state index contributed by atoms with van der Waals surface area (Å²) in [5.74, 6) is -0.261. The van der Waals surface area contributed by atoms with Crippen molar-refractivity contribution in [3.8, 4) is 0 Å². The van der Waals surface area contributed by atoms with Crippen molar-refractivity contribution in [1.29, 1.82) is 0 Å². The number of carbonyl (C=O) groups excluding carboxylic acids is 1. The summed E-state index contributed by atoms with van der Waals surface area (Å²) in [4.78, 5) is 12.4. The molecule has 0 spiro atoms. The Morgan fingerprint density at radius 1 is 1.33 bits per heavy atom. The maximum absolute atomic E-state index is 12.5. The zero-order chi connectivity index (χ0) is 15.8. The highest BCUT2D eigenvalue weighted by molar-refractivity contribution is 9.10. The van der Waals surface area contributed by atoms with Crippen molar-refractivity contribution in [2.75, 3.05) is 0 Å². The van der Waals surface area contributed by atoms with Crippen LogP contribution in [-0.2, 0) is 10.0 Å². The molecule has 0 aliphatic heterocycles. The lowest BCUT2D eigenvalue weighted by Gasteiger charge is -2.26. The highest BCUT2D eigenvalue weighted by Crippen LogP contribution is 2.30. The smallest absolute Gasteiger partial charge is 0.252 e. The Kier molecular flexibility index (Phi) is 4.46. The van der Waals surface area contributed by atoms with Crippen LogP contribution in [-0.4, -0.2) is 19.9 Å². The zero-order valence-corrected chi connectivity index (χ0v) is 14.5. The molecule has 116 valence electrons. The maximum Gasteiger partial charge on any atom is 0.252 e. The summed E-state index contributed by atoms with van der Waals surface area (Å²) in [6, 6.07) is 2.75. The maximum atomic E-state index is 12.5. The summed E-state index contributed by atoms with van der Waals surface area (Å²) in [5, 5.41) is 8.18. The lowest BCUT2D eigenvalue weighted by molar-refractivity contribution is 0.0907. The van der Waals surface area contributed by atoms with Crippen molar-refractivity contribution in [3.63, 3.8) is 0 Å². The predicted molar refractivity (Wildman–Crippen MR) is 84.6 cm³/mol. The first kappa shape index (κ1) is 16.5.